The first-order chi connectivity index (χ1) is 11.1. The van der Waals surface area contributed by atoms with Crippen molar-refractivity contribution < 1.29 is 19.4 Å². The van der Waals surface area contributed by atoms with Crippen LogP contribution in [0, 0.1) is 0 Å². The topological polar surface area (TPSA) is 63.6 Å². The van der Waals surface area contributed by atoms with Crippen LogP contribution in [0.1, 0.15) is 46.0 Å². The average molecular weight is 312 g/mol. The molecule has 23 heavy (non-hydrogen) atoms. The van der Waals surface area contributed by atoms with Crippen LogP contribution in [0.2, 0.25) is 0 Å². The lowest BCUT2D eigenvalue weighted by molar-refractivity contribution is -0.117. The predicted octanol–water partition coefficient (Wildman–Crippen LogP) is 2.90. The molecule has 0 aromatic heterocycles. The Morgan fingerprint density at radius 2 is 1.52 bits per heavy atom. The maximum atomic E-state index is 12.1. The second-order valence-electron chi connectivity index (χ2n) is 5.47. The number of hydrogen-bond donors (Lipinski definition) is 1. The van der Waals surface area contributed by atoms with E-state index in [1.165, 1.54) is 7.11 Å². The molecule has 1 N–H and O–H groups in total. The Hall–Kier alpha value is -2.30. The number of aliphatic hydroxyl groups is 1. The Kier molecular flexibility index (Phi) is 5.79. The Labute approximate surface area is 135 Å². The molecule has 0 aliphatic heterocycles. The van der Waals surface area contributed by atoms with Crippen LogP contribution in [0.4, 0.5) is 0 Å². The van der Waals surface area contributed by atoms with E-state index in [2.05, 4.69) is 0 Å². The van der Waals surface area contributed by atoms with Gasteiger partial charge in [0, 0.05) is 12.7 Å². The highest BCUT2D eigenvalue weighted by molar-refractivity contribution is 5.87. The van der Waals surface area contributed by atoms with Crippen LogP contribution >= 0.6 is 0 Å². The molecule has 4 nitrogen and oxygen atoms in total. The molecule has 0 bridgehead atoms. The summed E-state index contributed by atoms with van der Waals surface area (Å²) in [6, 6.07) is 14.3. The van der Waals surface area contributed by atoms with E-state index in [1.807, 2.05) is 12.1 Å². The number of carbonyl (C=O) groups excluding carboxylic acids is 2. The molecule has 2 aromatic rings. The van der Waals surface area contributed by atoms with E-state index >= 15 is 0 Å². The zero-order chi connectivity index (χ0) is 16.8. The highest BCUT2D eigenvalue weighted by atomic mass is 16.5. The van der Waals surface area contributed by atoms with Crippen molar-refractivity contribution in [2.24, 2.45) is 0 Å². The third-order valence-corrected chi connectivity index (χ3v) is 3.79. The zero-order valence-corrected chi connectivity index (χ0v) is 13.2. The van der Waals surface area contributed by atoms with Crippen molar-refractivity contribution in [3.05, 3.63) is 70.8 Å². The monoisotopic (exact) mass is 312 g/mol. The van der Waals surface area contributed by atoms with Gasteiger partial charge in [0.1, 0.15) is 18.2 Å². The van der Waals surface area contributed by atoms with Gasteiger partial charge in [-0.3, -0.25) is 9.59 Å². The fourth-order valence-electron chi connectivity index (χ4n) is 2.59. The van der Waals surface area contributed by atoms with Gasteiger partial charge < -0.3 is 9.84 Å². The standard InChI is InChI=1S/C19H20O4/c1-13(21)19(16-5-3-14(11-20)4-6-16)17-9-7-15(8-10-17)18(22)12-23-2/h3-11,18-19,22H,12H2,1-2H3. The molecule has 2 aromatic carbocycles. The first-order valence-corrected chi connectivity index (χ1v) is 7.39. The van der Waals surface area contributed by atoms with E-state index in [0.717, 1.165) is 23.0 Å². The van der Waals surface area contributed by atoms with Gasteiger partial charge in [-0.15, -0.1) is 0 Å². The fourth-order valence-corrected chi connectivity index (χ4v) is 2.59. The minimum absolute atomic E-state index is 0.0223. The van der Waals surface area contributed by atoms with Crippen LogP contribution in [0.5, 0.6) is 0 Å². The van der Waals surface area contributed by atoms with E-state index in [-0.39, 0.29) is 18.3 Å². The van der Waals surface area contributed by atoms with Crippen LogP contribution in [0.3, 0.4) is 0 Å². The molecule has 0 saturated heterocycles. The molecule has 0 aliphatic carbocycles. The summed E-state index contributed by atoms with van der Waals surface area (Å²) in [6.07, 6.45) is 0.0927. The highest BCUT2D eigenvalue weighted by Gasteiger charge is 2.19. The molecule has 0 aliphatic rings. The van der Waals surface area contributed by atoms with Gasteiger partial charge in [-0.1, -0.05) is 48.5 Å². The number of Topliss-reactive ketones (excluding diaryl/α,β-unsaturated/α-hetero) is 1. The molecule has 0 radical (unpaired) electrons. The molecule has 0 spiro atoms. The Morgan fingerprint density at radius 1 is 1.04 bits per heavy atom. The second-order valence-corrected chi connectivity index (χ2v) is 5.47. The average Bonchev–Trinajstić information content (AvgIpc) is 2.56. The normalized spacial score (nSPS) is 13.3. The van der Waals surface area contributed by atoms with Crippen molar-refractivity contribution in [3.8, 4) is 0 Å². The molecular weight excluding hydrogens is 292 g/mol. The molecule has 2 atom stereocenters. The summed E-state index contributed by atoms with van der Waals surface area (Å²) in [5.41, 5.74) is 3.02. The maximum absolute atomic E-state index is 12.1. The van der Waals surface area contributed by atoms with Crippen molar-refractivity contribution in [1.82, 2.24) is 0 Å². The smallest absolute Gasteiger partial charge is 0.150 e. The number of ketones is 1. The third kappa shape index (κ3) is 4.12. The summed E-state index contributed by atoms with van der Waals surface area (Å²) in [5, 5.41) is 9.91. The number of aldehydes is 1. The maximum Gasteiger partial charge on any atom is 0.150 e. The lowest BCUT2D eigenvalue weighted by Gasteiger charge is -2.16. The number of carbonyl (C=O) groups is 2. The van der Waals surface area contributed by atoms with Crippen LogP contribution < -0.4 is 0 Å². The minimum atomic E-state index is -0.684. The van der Waals surface area contributed by atoms with Crippen molar-refractivity contribution in [2.45, 2.75) is 18.9 Å². The van der Waals surface area contributed by atoms with Gasteiger partial charge in [-0.05, 0) is 23.6 Å². The molecular formula is C19H20O4. The van der Waals surface area contributed by atoms with E-state index in [0.29, 0.717) is 5.56 Å². The summed E-state index contributed by atoms with van der Waals surface area (Å²) >= 11 is 0. The molecule has 0 fully saturated rings. The largest absolute Gasteiger partial charge is 0.386 e. The summed E-state index contributed by atoms with van der Waals surface area (Å²) in [6.45, 7) is 1.77. The molecule has 2 rings (SSSR count). The van der Waals surface area contributed by atoms with Crippen molar-refractivity contribution in [3.63, 3.8) is 0 Å². The third-order valence-electron chi connectivity index (χ3n) is 3.79. The molecule has 4 heteroatoms. The van der Waals surface area contributed by atoms with Gasteiger partial charge in [0.15, 0.2) is 0 Å². The highest BCUT2D eigenvalue weighted by Crippen LogP contribution is 2.27. The summed E-state index contributed by atoms with van der Waals surface area (Å²) < 4.78 is 4.93. The van der Waals surface area contributed by atoms with Gasteiger partial charge in [0.25, 0.3) is 0 Å². The van der Waals surface area contributed by atoms with E-state index < -0.39 is 6.10 Å². The van der Waals surface area contributed by atoms with E-state index in [9.17, 15) is 14.7 Å². The van der Waals surface area contributed by atoms with Crippen LogP contribution in [0.15, 0.2) is 48.5 Å². The zero-order valence-electron chi connectivity index (χ0n) is 13.2. The number of methoxy groups -OCH3 is 1. The SMILES string of the molecule is COCC(O)c1ccc(C(C(C)=O)c2ccc(C=O)cc2)cc1. The molecule has 0 amide bonds. The lowest BCUT2D eigenvalue weighted by atomic mass is 9.87. The summed E-state index contributed by atoms with van der Waals surface area (Å²) in [7, 11) is 1.53. The number of rotatable bonds is 7. The quantitative estimate of drug-likeness (QED) is 0.799. The first kappa shape index (κ1) is 17.1. The Balaban J connectivity index is 2.30. The number of aliphatic hydroxyl groups excluding tert-OH is 1. The van der Waals surface area contributed by atoms with E-state index in [4.69, 9.17) is 4.74 Å². The number of benzene rings is 2. The van der Waals surface area contributed by atoms with Gasteiger partial charge >= 0.3 is 0 Å². The van der Waals surface area contributed by atoms with Crippen molar-refractivity contribution >= 4 is 12.1 Å². The second kappa shape index (κ2) is 7.81. The van der Waals surface area contributed by atoms with Gasteiger partial charge in [-0.2, -0.15) is 0 Å². The molecule has 0 heterocycles. The minimum Gasteiger partial charge on any atom is -0.386 e. The van der Waals surface area contributed by atoms with Crippen LogP contribution in [0.25, 0.3) is 0 Å². The predicted molar refractivity (Wildman–Crippen MR) is 87.6 cm³/mol. The van der Waals surface area contributed by atoms with Crippen molar-refractivity contribution in [1.29, 1.82) is 0 Å². The van der Waals surface area contributed by atoms with Gasteiger partial charge in [0.2, 0.25) is 0 Å². The lowest BCUT2D eigenvalue weighted by Crippen LogP contribution is -2.11. The van der Waals surface area contributed by atoms with Gasteiger partial charge in [-0.25, -0.2) is 0 Å². The summed E-state index contributed by atoms with van der Waals surface area (Å²) in [5.74, 6) is -0.363. The Morgan fingerprint density at radius 3 is 1.96 bits per heavy atom. The summed E-state index contributed by atoms with van der Waals surface area (Å²) in [4.78, 5) is 22.8. The van der Waals surface area contributed by atoms with E-state index in [1.54, 1.807) is 43.3 Å². The number of ether oxygens (including phenoxy) is 1. The first-order valence-electron chi connectivity index (χ1n) is 7.39. The number of hydrogen-bond acceptors (Lipinski definition) is 4. The molecule has 120 valence electrons. The molecule has 0 saturated carbocycles. The molecule has 2 unspecified atom stereocenters. The van der Waals surface area contributed by atoms with Crippen molar-refractivity contribution in [2.75, 3.05) is 13.7 Å². The van der Waals surface area contributed by atoms with Crippen LogP contribution in [-0.2, 0) is 9.53 Å². The van der Waals surface area contributed by atoms with Gasteiger partial charge in [0.05, 0.1) is 12.5 Å². The van der Waals surface area contributed by atoms with Crippen LogP contribution in [-0.4, -0.2) is 30.9 Å². The Bertz CT molecular complexity index is 659. The fraction of sp³-hybridized carbons (Fsp3) is 0.263.